The van der Waals surface area contributed by atoms with Crippen molar-refractivity contribution in [2.45, 2.75) is 26.7 Å². The molecule has 2 aromatic carbocycles. The molecule has 3 rings (SSSR count). The minimum atomic E-state index is 0.534. The Morgan fingerprint density at radius 1 is 1.08 bits per heavy atom. The number of benzene rings is 2. The van der Waals surface area contributed by atoms with Crippen LogP contribution in [0.25, 0.3) is 11.3 Å². The first-order valence-corrected chi connectivity index (χ1v) is 10.4. The quantitative estimate of drug-likeness (QED) is 0.453. The summed E-state index contributed by atoms with van der Waals surface area (Å²) < 4.78 is 2.99. The molecule has 1 aromatic heterocycles. The first kappa shape index (κ1) is 18.8. The third-order valence-electron chi connectivity index (χ3n) is 4.04. The first-order valence-electron chi connectivity index (χ1n) is 8.69. The van der Waals surface area contributed by atoms with Gasteiger partial charge in [0, 0.05) is 22.0 Å². The maximum Gasteiger partial charge on any atom is 0.206 e. The van der Waals surface area contributed by atoms with Gasteiger partial charge in [-0.2, -0.15) is 5.10 Å². The van der Waals surface area contributed by atoms with Gasteiger partial charge < -0.3 is 0 Å². The average molecular weight is 428 g/mol. The van der Waals surface area contributed by atoms with Gasteiger partial charge in [0.15, 0.2) is 0 Å². The second-order valence-electron chi connectivity index (χ2n) is 6.26. The van der Waals surface area contributed by atoms with Gasteiger partial charge >= 0.3 is 0 Å². The van der Waals surface area contributed by atoms with E-state index >= 15 is 0 Å². The van der Waals surface area contributed by atoms with Gasteiger partial charge in [-0.25, -0.2) is 4.68 Å². The molecule has 0 radical (unpaired) electrons. The number of hydrogen-bond acceptors (Lipinski definition) is 3. The van der Waals surface area contributed by atoms with E-state index in [1.54, 1.807) is 11.3 Å². The lowest BCUT2D eigenvalue weighted by atomic mass is 10.0. The average Bonchev–Trinajstić information content (AvgIpc) is 3.04. The van der Waals surface area contributed by atoms with Crippen LogP contribution in [0.15, 0.2) is 68.5 Å². The fourth-order valence-electron chi connectivity index (χ4n) is 2.56. The van der Waals surface area contributed by atoms with E-state index in [4.69, 9.17) is 5.10 Å². The molecule has 26 heavy (non-hydrogen) atoms. The van der Waals surface area contributed by atoms with Crippen molar-refractivity contribution >= 4 is 33.5 Å². The van der Waals surface area contributed by atoms with Gasteiger partial charge in [0.1, 0.15) is 0 Å². The Balaban J connectivity index is 1.98. The lowest BCUT2D eigenvalue weighted by molar-refractivity contribution is 0.833. The second-order valence-corrected chi connectivity index (χ2v) is 8.01. The first-order chi connectivity index (χ1) is 12.6. The summed E-state index contributed by atoms with van der Waals surface area (Å²) in [6, 6.07) is 16.8. The van der Waals surface area contributed by atoms with Crippen LogP contribution in [0, 0.1) is 0 Å². The predicted molar refractivity (Wildman–Crippen MR) is 115 cm³/mol. The van der Waals surface area contributed by atoms with E-state index < -0.39 is 0 Å². The SMILES string of the molecule is CCN=c1scc(-c2ccc(Br)cc2)n1N=Cc1ccc(C(C)C)cc1. The van der Waals surface area contributed by atoms with E-state index in [2.05, 4.69) is 76.5 Å². The topological polar surface area (TPSA) is 29.6 Å². The molecular formula is C21H22BrN3S. The Labute approximate surface area is 166 Å². The Morgan fingerprint density at radius 3 is 2.38 bits per heavy atom. The fraction of sp³-hybridized carbons (Fsp3) is 0.238. The molecule has 5 heteroatoms. The van der Waals surface area contributed by atoms with E-state index in [0.717, 1.165) is 32.6 Å². The lowest BCUT2D eigenvalue weighted by Gasteiger charge is -2.05. The summed E-state index contributed by atoms with van der Waals surface area (Å²) in [6.07, 6.45) is 1.90. The molecule has 0 atom stereocenters. The van der Waals surface area contributed by atoms with Gasteiger partial charge in [0.25, 0.3) is 0 Å². The number of aromatic nitrogens is 1. The summed E-state index contributed by atoms with van der Waals surface area (Å²) in [6.45, 7) is 7.18. The maximum atomic E-state index is 4.72. The predicted octanol–water partition coefficient (Wildman–Crippen LogP) is 5.91. The van der Waals surface area contributed by atoms with Crippen molar-refractivity contribution in [3.8, 4) is 11.3 Å². The molecule has 1 heterocycles. The van der Waals surface area contributed by atoms with Crippen molar-refractivity contribution in [3.05, 3.63) is 74.3 Å². The van der Waals surface area contributed by atoms with Gasteiger partial charge in [-0.3, -0.25) is 4.99 Å². The van der Waals surface area contributed by atoms with Crippen LogP contribution in [0.2, 0.25) is 0 Å². The third-order valence-corrected chi connectivity index (χ3v) is 5.43. The summed E-state index contributed by atoms with van der Waals surface area (Å²) in [5, 5.41) is 6.83. The van der Waals surface area contributed by atoms with Gasteiger partial charge in [-0.05, 0) is 36.1 Å². The number of rotatable bonds is 5. The molecule has 3 nitrogen and oxygen atoms in total. The Bertz CT molecular complexity index is 948. The molecule has 0 bridgehead atoms. The van der Waals surface area contributed by atoms with Crippen LogP contribution in [-0.2, 0) is 0 Å². The van der Waals surface area contributed by atoms with Crippen molar-refractivity contribution in [2.24, 2.45) is 10.1 Å². The van der Waals surface area contributed by atoms with Crippen LogP contribution in [0.3, 0.4) is 0 Å². The molecule has 0 unspecified atom stereocenters. The van der Waals surface area contributed by atoms with Crippen LogP contribution in [0.1, 0.15) is 37.8 Å². The summed E-state index contributed by atoms with van der Waals surface area (Å²) in [5.41, 5.74) is 4.58. The molecular weight excluding hydrogens is 406 g/mol. The standard InChI is InChI=1S/C21H22BrN3S/c1-4-23-21-25(20(14-26-21)18-9-11-19(22)12-10-18)24-13-16-5-7-17(8-6-16)15(2)3/h5-15H,4H2,1-3H3. The van der Waals surface area contributed by atoms with Crippen molar-refractivity contribution in [2.75, 3.05) is 6.54 Å². The summed E-state index contributed by atoms with van der Waals surface area (Å²) in [4.78, 5) is 5.48. The minimum absolute atomic E-state index is 0.534. The lowest BCUT2D eigenvalue weighted by Crippen LogP contribution is -2.12. The van der Waals surface area contributed by atoms with E-state index in [9.17, 15) is 0 Å². The highest BCUT2D eigenvalue weighted by Gasteiger charge is 2.07. The molecule has 0 amide bonds. The molecule has 0 aliphatic heterocycles. The zero-order valence-corrected chi connectivity index (χ0v) is 17.6. The Morgan fingerprint density at radius 2 is 1.77 bits per heavy atom. The molecule has 0 spiro atoms. The van der Waals surface area contributed by atoms with Gasteiger partial charge in [-0.1, -0.05) is 66.2 Å². The van der Waals surface area contributed by atoms with Crippen LogP contribution in [0.5, 0.6) is 0 Å². The monoisotopic (exact) mass is 427 g/mol. The minimum Gasteiger partial charge on any atom is -0.258 e. The van der Waals surface area contributed by atoms with E-state index in [1.165, 1.54) is 5.56 Å². The molecule has 0 saturated heterocycles. The Hall–Kier alpha value is -1.98. The largest absolute Gasteiger partial charge is 0.258 e. The third kappa shape index (κ3) is 4.40. The van der Waals surface area contributed by atoms with Crippen molar-refractivity contribution in [1.82, 2.24) is 4.68 Å². The zero-order valence-electron chi connectivity index (χ0n) is 15.2. The molecule has 134 valence electrons. The van der Waals surface area contributed by atoms with Crippen molar-refractivity contribution < 1.29 is 0 Å². The number of thiazole rings is 1. The summed E-state index contributed by atoms with van der Waals surface area (Å²) >= 11 is 5.10. The van der Waals surface area contributed by atoms with Crippen LogP contribution < -0.4 is 4.80 Å². The van der Waals surface area contributed by atoms with Gasteiger partial charge in [0.2, 0.25) is 4.80 Å². The fourth-order valence-corrected chi connectivity index (χ4v) is 3.73. The highest BCUT2D eigenvalue weighted by molar-refractivity contribution is 9.10. The summed E-state index contributed by atoms with van der Waals surface area (Å²) in [5.74, 6) is 0.534. The number of halogens is 1. The van der Waals surface area contributed by atoms with Crippen LogP contribution in [0.4, 0.5) is 0 Å². The molecule has 0 N–H and O–H groups in total. The highest BCUT2D eigenvalue weighted by atomic mass is 79.9. The van der Waals surface area contributed by atoms with Gasteiger partial charge in [-0.15, -0.1) is 11.3 Å². The molecule has 0 fully saturated rings. The molecule has 3 aromatic rings. The second kappa shape index (κ2) is 8.60. The Kier molecular flexibility index (Phi) is 6.22. The molecule has 0 saturated carbocycles. The van der Waals surface area contributed by atoms with E-state index in [-0.39, 0.29) is 0 Å². The van der Waals surface area contributed by atoms with Crippen molar-refractivity contribution in [1.29, 1.82) is 0 Å². The normalized spacial score (nSPS) is 12.4. The van der Waals surface area contributed by atoms with Gasteiger partial charge in [0.05, 0.1) is 11.9 Å². The smallest absolute Gasteiger partial charge is 0.206 e. The maximum absolute atomic E-state index is 4.72. The number of hydrogen-bond donors (Lipinski definition) is 0. The van der Waals surface area contributed by atoms with E-state index in [1.807, 2.05) is 29.9 Å². The van der Waals surface area contributed by atoms with E-state index in [0.29, 0.717) is 5.92 Å². The zero-order chi connectivity index (χ0) is 18.5. The van der Waals surface area contributed by atoms with Crippen LogP contribution in [-0.4, -0.2) is 17.4 Å². The molecule has 0 aliphatic rings. The van der Waals surface area contributed by atoms with Crippen LogP contribution >= 0.6 is 27.3 Å². The molecule has 0 aliphatic carbocycles. The summed E-state index contributed by atoms with van der Waals surface area (Å²) in [7, 11) is 0. The van der Waals surface area contributed by atoms with Crippen molar-refractivity contribution in [3.63, 3.8) is 0 Å². The number of nitrogens with zero attached hydrogens (tertiary/aromatic N) is 3. The highest BCUT2D eigenvalue weighted by Crippen LogP contribution is 2.22.